The van der Waals surface area contributed by atoms with E-state index in [-0.39, 0.29) is 0 Å². The van der Waals surface area contributed by atoms with Gasteiger partial charge in [-0.2, -0.15) is 0 Å². The summed E-state index contributed by atoms with van der Waals surface area (Å²) in [5, 5.41) is 3.29. The summed E-state index contributed by atoms with van der Waals surface area (Å²) in [4.78, 5) is 4.34. The van der Waals surface area contributed by atoms with E-state index in [1.165, 1.54) is 0 Å². The van der Waals surface area contributed by atoms with Crippen LogP contribution in [0.15, 0.2) is 12.4 Å². The Morgan fingerprint density at radius 2 is 2.64 bits per heavy atom. The fraction of sp³-hybridized carbons (Fsp3) is 0.700. The van der Waals surface area contributed by atoms with Gasteiger partial charge in [-0.25, -0.2) is 4.98 Å². The molecular weight excluding hydrogens is 178 g/mol. The Morgan fingerprint density at radius 1 is 1.71 bits per heavy atom. The lowest BCUT2D eigenvalue weighted by Crippen LogP contribution is -2.19. The molecule has 1 fully saturated rings. The predicted molar refractivity (Wildman–Crippen MR) is 54.1 cm³/mol. The van der Waals surface area contributed by atoms with Crippen LogP contribution in [-0.2, 0) is 11.3 Å². The number of ether oxygens (including phenoxy) is 1. The van der Waals surface area contributed by atoms with Gasteiger partial charge < -0.3 is 14.6 Å². The van der Waals surface area contributed by atoms with Gasteiger partial charge in [0.25, 0.3) is 0 Å². The molecule has 14 heavy (non-hydrogen) atoms. The molecule has 4 heteroatoms. The van der Waals surface area contributed by atoms with Crippen molar-refractivity contribution in [2.75, 3.05) is 19.8 Å². The SMILES string of the molecule is CCNCc1nccn1C1CCOC1. The van der Waals surface area contributed by atoms with Crippen LogP contribution in [-0.4, -0.2) is 29.3 Å². The van der Waals surface area contributed by atoms with E-state index >= 15 is 0 Å². The molecule has 1 aliphatic rings. The minimum Gasteiger partial charge on any atom is -0.379 e. The summed E-state index contributed by atoms with van der Waals surface area (Å²) in [7, 11) is 0. The van der Waals surface area contributed by atoms with Crippen molar-refractivity contribution in [2.24, 2.45) is 0 Å². The highest BCUT2D eigenvalue weighted by Gasteiger charge is 2.19. The number of nitrogens with zero attached hydrogens (tertiary/aromatic N) is 2. The fourth-order valence-electron chi connectivity index (χ4n) is 1.79. The van der Waals surface area contributed by atoms with Crippen molar-refractivity contribution < 1.29 is 4.74 Å². The standard InChI is InChI=1S/C10H17N3O/c1-2-11-7-10-12-4-5-13(10)9-3-6-14-8-9/h4-5,9,11H,2-3,6-8H2,1H3. The second kappa shape index (κ2) is 4.57. The van der Waals surface area contributed by atoms with Crippen LogP contribution in [0.5, 0.6) is 0 Å². The molecule has 1 aliphatic heterocycles. The van der Waals surface area contributed by atoms with Crippen molar-refractivity contribution in [1.29, 1.82) is 0 Å². The highest BCUT2D eigenvalue weighted by atomic mass is 16.5. The van der Waals surface area contributed by atoms with Crippen LogP contribution in [0.2, 0.25) is 0 Å². The smallest absolute Gasteiger partial charge is 0.122 e. The van der Waals surface area contributed by atoms with Gasteiger partial charge in [-0.05, 0) is 13.0 Å². The monoisotopic (exact) mass is 195 g/mol. The summed E-state index contributed by atoms with van der Waals surface area (Å²) >= 11 is 0. The highest BCUT2D eigenvalue weighted by Crippen LogP contribution is 2.19. The van der Waals surface area contributed by atoms with Crippen LogP contribution in [0, 0.1) is 0 Å². The molecule has 1 saturated heterocycles. The molecule has 0 amide bonds. The van der Waals surface area contributed by atoms with Crippen LogP contribution in [0.4, 0.5) is 0 Å². The van der Waals surface area contributed by atoms with E-state index in [1.54, 1.807) is 0 Å². The summed E-state index contributed by atoms with van der Waals surface area (Å²) in [6, 6.07) is 0.492. The average Bonchev–Trinajstić information content (AvgIpc) is 2.84. The zero-order valence-corrected chi connectivity index (χ0v) is 8.57. The predicted octanol–water partition coefficient (Wildman–Crippen LogP) is 0.954. The third kappa shape index (κ3) is 1.96. The second-order valence-electron chi connectivity index (χ2n) is 3.55. The molecule has 0 aliphatic carbocycles. The fourth-order valence-corrected chi connectivity index (χ4v) is 1.79. The summed E-state index contributed by atoms with van der Waals surface area (Å²) in [6.07, 6.45) is 5.02. The van der Waals surface area contributed by atoms with Crippen molar-refractivity contribution in [3.63, 3.8) is 0 Å². The summed E-state index contributed by atoms with van der Waals surface area (Å²) in [5.41, 5.74) is 0. The van der Waals surface area contributed by atoms with Crippen LogP contribution < -0.4 is 5.32 Å². The molecular formula is C10H17N3O. The van der Waals surface area contributed by atoms with Crippen molar-refractivity contribution in [1.82, 2.24) is 14.9 Å². The molecule has 4 nitrogen and oxygen atoms in total. The number of hydrogen-bond donors (Lipinski definition) is 1. The van der Waals surface area contributed by atoms with E-state index in [0.29, 0.717) is 6.04 Å². The maximum Gasteiger partial charge on any atom is 0.122 e. The van der Waals surface area contributed by atoms with Gasteiger partial charge in [0, 0.05) is 19.0 Å². The van der Waals surface area contributed by atoms with Gasteiger partial charge in [0.1, 0.15) is 5.82 Å². The Morgan fingerprint density at radius 3 is 3.36 bits per heavy atom. The Hall–Kier alpha value is -0.870. The molecule has 1 atom stereocenters. The first-order chi connectivity index (χ1) is 6.92. The van der Waals surface area contributed by atoms with Gasteiger partial charge in [-0.15, -0.1) is 0 Å². The third-order valence-corrected chi connectivity index (χ3v) is 2.58. The minimum atomic E-state index is 0.492. The molecule has 1 aromatic rings. The second-order valence-corrected chi connectivity index (χ2v) is 3.55. The van der Waals surface area contributed by atoms with Crippen LogP contribution in [0.1, 0.15) is 25.2 Å². The minimum absolute atomic E-state index is 0.492. The molecule has 2 rings (SSSR count). The summed E-state index contributed by atoms with van der Waals surface area (Å²) in [5.74, 6) is 1.11. The maximum absolute atomic E-state index is 5.37. The van der Waals surface area contributed by atoms with Crippen LogP contribution in [0.25, 0.3) is 0 Å². The Balaban J connectivity index is 2.04. The van der Waals surface area contributed by atoms with Crippen molar-refractivity contribution in [3.8, 4) is 0 Å². The Kier molecular flexibility index (Phi) is 3.16. The van der Waals surface area contributed by atoms with Crippen LogP contribution in [0.3, 0.4) is 0 Å². The first-order valence-corrected chi connectivity index (χ1v) is 5.22. The van der Waals surface area contributed by atoms with Crippen molar-refractivity contribution >= 4 is 0 Å². The van der Waals surface area contributed by atoms with Gasteiger partial charge in [0.15, 0.2) is 0 Å². The zero-order chi connectivity index (χ0) is 9.80. The largest absolute Gasteiger partial charge is 0.379 e. The molecule has 2 heterocycles. The molecule has 1 unspecified atom stereocenters. The zero-order valence-electron chi connectivity index (χ0n) is 8.57. The van der Waals surface area contributed by atoms with E-state index in [4.69, 9.17) is 4.74 Å². The molecule has 0 bridgehead atoms. The van der Waals surface area contributed by atoms with Crippen molar-refractivity contribution in [3.05, 3.63) is 18.2 Å². The van der Waals surface area contributed by atoms with E-state index in [2.05, 4.69) is 21.8 Å². The average molecular weight is 195 g/mol. The normalized spacial score (nSPS) is 21.6. The quantitative estimate of drug-likeness (QED) is 0.777. The molecule has 0 radical (unpaired) electrons. The third-order valence-electron chi connectivity index (χ3n) is 2.58. The van der Waals surface area contributed by atoms with Gasteiger partial charge in [-0.1, -0.05) is 6.92 Å². The topological polar surface area (TPSA) is 39.1 Å². The number of hydrogen-bond acceptors (Lipinski definition) is 3. The molecule has 1 aromatic heterocycles. The van der Waals surface area contributed by atoms with Gasteiger partial charge in [0.2, 0.25) is 0 Å². The Bertz CT molecular complexity index is 279. The van der Waals surface area contributed by atoms with E-state index in [1.807, 2.05) is 12.4 Å². The molecule has 1 N–H and O–H groups in total. The van der Waals surface area contributed by atoms with E-state index < -0.39 is 0 Å². The molecule has 0 spiro atoms. The number of nitrogens with one attached hydrogen (secondary N) is 1. The summed E-state index contributed by atoms with van der Waals surface area (Å²) < 4.78 is 7.60. The van der Waals surface area contributed by atoms with Gasteiger partial charge >= 0.3 is 0 Å². The highest BCUT2D eigenvalue weighted by molar-refractivity contribution is 4.96. The first-order valence-electron chi connectivity index (χ1n) is 5.22. The van der Waals surface area contributed by atoms with E-state index in [0.717, 1.165) is 38.5 Å². The van der Waals surface area contributed by atoms with E-state index in [9.17, 15) is 0 Å². The lowest BCUT2D eigenvalue weighted by atomic mass is 10.2. The van der Waals surface area contributed by atoms with Gasteiger partial charge in [0.05, 0.1) is 19.2 Å². The lowest BCUT2D eigenvalue weighted by molar-refractivity contribution is 0.186. The molecule has 0 saturated carbocycles. The lowest BCUT2D eigenvalue weighted by Gasteiger charge is -2.13. The number of aromatic nitrogens is 2. The van der Waals surface area contributed by atoms with Crippen LogP contribution >= 0.6 is 0 Å². The first kappa shape index (κ1) is 9.68. The maximum atomic E-state index is 5.37. The van der Waals surface area contributed by atoms with Gasteiger partial charge in [-0.3, -0.25) is 0 Å². The van der Waals surface area contributed by atoms with Crippen molar-refractivity contribution in [2.45, 2.75) is 25.9 Å². The molecule has 0 aromatic carbocycles. The molecule has 78 valence electrons. The summed E-state index contributed by atoms with van der Waals surface area (Å²) in [6.45, 7) is 5.64. The number of rotatable bonds is 4. The Labute approximate surface area is 84.3 Å². The number of imidazole rings is 1.